The van der Waals surface area contributed by atoms with Gasteiger partial charge in [0.05, 0.1) is 12.9 Å². The molecule has 1 heterocycles. The first-order valence-corrected chi connectivity index (χ1v) is 11.1. The molecule has 2 aromatic carbocycles. The smallest absolute Gasteiger partial charge is 0.234 e. The number of ether oxygens (including phenoxy) is 1. The van der Waals surface area contributed by atoms with E-state index in [1.54, 1.807) is 7.11 Å². The minimum Gasteiger partial charge on any atom is -0.497 e. The number of carbonyl (C=O) groups excluding carboxylic acids is 1. The molecule has 30 heavy (non-hydrogen) atoms. The zero-order valence-electron chi connectivity index (χ0n) is 17.9. The second kappa shape index (κ2) is 10.3. The monoisotopic (exact) mass is 424 g/mol. The molecular weight excluding hydrogens is 396 g/mol. The topological polar surface area (TPSA) is 69.0 Å². The van der Waals surface area contributed by atoms with Crippen molar-refractivity contribution in [3.05, 3.63) is 65.0 Å². The summed E-state index contributed by atoms with van der Waals surface area (Å²) in [6, 6.07) is 14.0. The number of aryl methyl sites for hydroxylation is 2. The van der Waals surface area contributed by atoms with Crippen molar-refractivity contribution in [2.75, 3.05) is 18.2 Å². The molecule has 158 valence electrons. The fraction of sp³-hybridized carbons (Fsp3) is 0.348. The van der Waals surface area contributed by atoms with Gasteiger partial charge in [0, 0.05) is 18.7 Å². The Labute approximate surface area is 182 Å². The summed E-state index contributed by atoms with van der Waals surface area (Å²) >= 11 is 1.41. The molecule has 0 bridgehead atoms. The Bertz CT molecular complexity index is 999. The number of nitrogens with zero attached hydrogens (tertiary/aromatic N) is 3. The number of thioether (sulfide) groups is 1. The Kier molecular flexibility index (Phi) is 7.52. The van der Waals surface area contributed by atoms with E-state index < -0.39 is 0 Å². The van der Waals surface area contributed by atoms with Crippen LogP contribution >= 0.6 is 11.8 Å². The molecule has 6 nitrogen and oxygen atoms in total. The van der Waals surface area contributed by atoms with Crippen molar-refractivity contribution >= 4 is 23.4 Å². The standard InChI is InChI=1S/C23H28N4O2S/c1-5-18-9-7-8-16(3)22(18)24-21(28)15-30-23-26-25-20(27(23)6-2)14-17-10-12-19(29-4)13-11-17/h7-13H,5-6,14-15H2,1-4H3,(H,24,28). The molecular formula is C23H28N4O2S. The third-order valence-corrected chi connectivity index (χ3v) is 5.93. The van der Waals surface area contributed by atoms with Gasteiger partial charge < -0.3 is 14.6 Å². The quantitative estimate of drug-likeness (QED) is 0.512. The molecule has 0 fully saturated rings. The van der Waals surface area contributed by atoms with E-state index in [0.717, 1.165) is 52.1 Å². The van der Waals surface area contributed by atoms with Crippen molar-refractivity contribution in [1.82, 2.24) is 14.8 Å². The van der Waals surface area contributed by atoms with Crippen LogP contribution in [-0.4, -0.2) is 33.5 Å². The Morgan fingerprint density at radius 1 is 1.13 bits per heavy atom. The normalized spacial score (nSPS) is 10.8. The van der Waals surface area contributed by atoms with E-state index in [0.29, 0.717) is 6.42 Å². The van der Waals surface area contributed by atoms with Crippen LogP contribution in [0, 0.1) is 6.92 Å². The van der Waals surface area contributed by atoms with E-state index in [4.69, 9.17) is 4.74 Å². The van der Waals surface area contributed by atoms with Crippen LogP contribution in [-0.2, 0) is 24.2 Å². The molecule has 1 aromatic heterocycles. The Hall–Kier alpha value is -2.80. The van der Waals surface area contributed by atoms with Gasteiger partial charge in [0.25, 0.3) is 0 Å². The summed E-state index contributed by atoms with van der Waals surface area (Å²) in [4.78, 5) is 12.6. The van der Waals surface area contributed by atoms with Crippen LogP contribution < -0.4 is 10.1 Å². The zero-order valence-corrected chi connectivity index (χ0v) is 18.8. The fourth-order valence-corrected chi connectivity index (χ4v) is 4.13. The highest BCUT2D eigenvalue weighted by Crippen LogP contribution is 2.23. The van der Waals surface area contributed by atoms with Gasteiger partial charge in [0.2, 0.25) is 5.91 Å². The molecule has 0 unspecified atom stereocenters. The fourth-order valence-electron chi connectivity index (χ4n) is 3.31. The number of hydrogen-bond donors (Lipinski definition) is 1. The number of rotatable bonds is 9. The minimum absolute atomic E-state index is 0.0358. The van der Waals surface area contributed by atoms with Crippen molar-refractivity contribution in [3.8, 4) is 5.75 Å². The number of methoxy groups -OCH3 is 1. The summed E-state index contributed by atoms with van der Waals surface area (Å²) in [5.41, 5.74) is 4.28. The van der Waals surface area contributed by atoms with Gasteiger partial charge in [-0.15, -0.1) is 10.2 Å². The third-order valence-electron chi connectivity index (χ3n) is 4.97. The highest BCUT2D eigenvalue weighted by molar-refractivity contribution is 7.99. The summed E-state index contributed by atoms with van der Waals surface area (Å²) in [6.07, 6.45) is 1.56. The highest BCUT2D eigenvalue weighted by Gasteiger charge is 2.15. The van der Waals surface area contributed by atoms with Crippen LogP contribution in [0.3, 0.4) is 0 Å². The maximum atomic E-state index is 12.6. The predicted octanol–water partition coefficient (Wildman–Crippen LogP) is 4.50. The molecule has 0 saturated heterocycles. The first-order chi connectivity index (χ1) is 14.5. The SMILES string of the molecule is CCc1cccc(C)c1NC(=O)CSc1nnc(Cc2ccc(OC)cc2)n1CC. The lowest BCUT2D eigenvalue weighted by atomic mass is 10.1. The van der Waals surface area contributed by atoms with Crippen LogP contribution in [0.15, 0.2) is 47.6 Å². The van der Waals surface area contributed by atoms with Crippen LogP contribution in [0.25, 0.3) is 0 Å². The lowest BCUT2D eigenvalue weighted by Crippen LogP contribution is -2.16. The number of benzene rings is 2. The van der Waals surface area contributed by atoms with Gasteiger partial charge in [-0.05, 0) is 49.1 Å². The molecule has 7 heteroatoms. The molecule has 1 amide bonds. The highest BCUT2D eigenvalue weighted by atomic mass is 32.2. The van der Waals surface area contributed by atoms with E-state index in [2.05, 4.69) is 40.0 Å². The Morgan fingerprint density at radius 2 is 1.90 bits per heavy atom. The Balaban J connectivity index is 1.65. The second-order valence-electron chi connectivity index (χ2n) is 6.97. The number of hydrogen-bond acceptors (Lipinski definition) is 5. The summed E-state index contributed by atoms with van der Waals surface area (Å²) < 4.78 is 7.28. The van der Waals surface area contributed by atoms with Gasteiger partial charge in [0.1, 0.15) is 11.6 Å². The lowest BCUT2D eigenvalue weighted by molar-refractivity contribution is -0.113. The maximum absolute atomic E-state index is 12.6. The number of nitrogens with one attached hydrogen (secondary N) is 1. The van der Waals surface area contributed by atoms with Gasteiger partial charge >= 0.3 is 0 Å². The molecule has 3 rings (SSSR count). The number of carbonyl (C=O) groups is 1. The molecule has 0 saturated carbocycles. The lowest BCUT2D eigenvalue weighted by Gasteiger charge is -2.13. The van der Waals surface area contributed by atoms with Crippen LogP contribution in [0.2, 0.25) is 0 Å². The number of anilines is 1. The van der Waals surface area contributed by atoms with Crippen molar-refractivity contribution in [2.45, 2.75) is 45.3 Å². The van der Waals surface area contributed by atoms with E-state index in [1.807, 2.05) is 43.3 Å². The maximum Gasteiger partial charge on any atom is 0.234 e. The van der Waals surface area contributed by atoms with Crippen molar-refractivity contribution in [1.29, 1.82) is 0 Å². The van der Waals surface area contributed by atoms with Crippen LogP contribution in [0.4, 0.5) is 5.69 Å². The molecule has 0 aliphatic rings. The van der Waals surface area contributed by atoms with E-state index in [9.17, 15) is 4.79 Å². The van der Waals surface area contributed by atoms with Crippen molar-refractivity contribution < 1.29 is 9.53 Å². The number of amides is 1. The molecule has 0 aliphatic carbocycles. The molecule has 0 radical (unpaired) electrons. The largest absolute Gasteiger partial charge is 0.497 e. The van der Waals surface area contributed by atoms with Crippen molar-refractivity contribution in [2.24, 2.45) is 0 Å². The molecule has 0 spiro atoms. The molecule has 3 aromatic rings. The van der Waals surface area contributed by atoms with Gasteiger partial charge in [-0.3, -0.25) is 4.79 Å². The first kappa shape index (κ1) is 21.9. The average molecular weight is 425 g/mol. The van der Waals surface area contributed by atoms with Gasteiger partial charge in [0.15, 0.2) is 5.16 Å². The van der Waals surface area contributed by atoms with E-state index in [1.165, 1.54) is 11.8 Å². The van der Waals surface area contributed by atoms with E-state index >= 15 is 0 Å². The van der Waals surface area contributed by atoms with Crippen molar-refractivity contribution in [3.63, 3.8) is 0 Å². The zero-order chi connectivity index (χ0) is 21.5. The summed E-state index contributed by atoms with van der Waals surface area (Å²) in [5, 5.41) is 12.5. The number of aromatic nitrogens is 3. The van der Waals surface area contributed by atoms with Crippen LogP contribution in [0.5, 0.6) is 5.75 Å². The summed E-state index contributed by atoms with van der Waals surface area (Å²) in [6.45, 7) is 6.92. The van der Waals surface area contributed by atoms with Gasteiger partial charge in [-0.2, -0.15) is 0 Å². The molecule has 1 N–H and O–H groups in total. The van der Waals surface area contributed by atoms with Crippen LogP contribution in [0.1, 0.15) is 36.4 Å². The summed E-state index contributed by atoms with van der Waals surface area (Å²) in [7, 11) is 1.66. The van der Waals surface area contributed by atoms with Gasteiger partial charge in [-0.25, -0.2) is 0 Å². The minimum atomic E-state index is -0.0358. The first-order valence-electron chi connectivity index (χ1n) is 10.1. The third kappa shape index (κ3) is 5.21. The Morgan fingerprint density at radius 3 is 2.57 bits per heavy atom. The second-order valence-corrected chi connectivity index (χ2v) is 7.91. The number of para-hydroxylation sites is 1. The van der Waals surface area contributed by atoms with Gasteiger partial charge in [-0.1, -0.05) is 49.0 Å². The average Bonchev–Trinajstić information content (AvgIpc) is 3.15. The molecule has 0 atom stereocenters. The molecule has 0 aliphatic heterocycles. The predicted molar refractivity (Wildman–Crippen MR) is 121 cm³/mol. The van der Waals surface area contributed by atoms with E-state index in [-0.39, 0.29) is 11.7 Å². The summed E-state index contributed by atoms with van der Waals surface area (Å²) in [5.74, 6) is 1.97.